The van der Waals surface area contributed by atoms with Crippen LogP contribution in [0, 0.1) is 0 Å². The van der Waals surface area contributed by atoms with Crippen LogP contribution in [0.15, 0.2) is 18.2 Å². The smallest absolute Gasteiger partial charge is 0.226 e. The molecule has 0 atom stereocenters. The Morgan fingerprint density at radius 2 is 2.00 bits per heavy atom. The number of hydrogen-bond donors (Lipinski definition) is 2. The first kappa shape index (κ1) is 17.2. The van der Waals surface area contributed by atoms with E-state index in [0.29, 0.717) is 22.2 Å². The zero-order valence-electron chi connectivity index (χ0n) is 11.3. The van der Waals surface area contributed by atoms with Crippen molar-refractivity contribution in [3.63, 3.8) is 0 Å². The number of unbranched alkanes of at least 4 members (excludes halogenated alkanes) is 3. The highest BCUT2D eigenvalue weighted by Gasteiger charge is 2.07. The number of thiocarbonyl (C=S) groups is 1. The molecule has 110 valence electrons. The molecule has 0 fully saturated rings. The molecule has 0 aliphatic carbocycles. The zero-order valence-corrected chi connectivity index (χ0v) is 13.7. The summed E-state index contributed by atoms with van der Waals surface area (Å²) in [6.07, 6.45) is 4.71. The third-order valence-corrected chi connectivity index (χ3v) is 3.46. The lowest BCUT2D eigenvalue weighted by Crippen LogP contribution is -2.34. The standard InChI is InChI=1S/C14H18Cl2N2OS/c1-2-3-4-5-6-13(19)18-14(20)17-12-9-10(15)7-8-11(12)16/h7-9H,2-6H2,1H3,(H2,17,18,19,20). The molecule has 1 aromatic carbocycles. The van der Waals surface area contributed by atoms with E-state index in [0.717, 1.165) is 25.7 Å². The van der Waals surface area contributed by atoms with E-state index in [-0.39, 0.29) is 11.0 Å². The van der Waals surface area contributed by atoms with Gasteiger partial charge in [-0.3, -0.25) is 4.79 Å². The van der Waals surface area contributed by atoms with Gasteiger partial charge in [0.1, 0.15) is 0 Å². The minimum Gasteiger partial charge on any atom is -0.331 e. The Bertz CT molecular complexity index is 480. The lowest BCUT2D eigenvalue weighted by molar-refractivity contribution is -0.119. The van der Waals surface area contributed by atoms with E-state index >= 15 is 0 Å². The Hall–Kier alpha value is -0.840. The first-order chi connectivity index (χ1) is 9.52. The van der Waals surface area contributed by atoms with Crippen LogP contribution >= 0.6 is 35.4 Å². The monoisotopic (exact) mass is 332 g/mol. The highest BCUT2D eigenvalue weighted by Crippen LogP contribution is 2.25. The topological polar surface area (TPSA) is 41.1 Å². The van der Waals surface area contributed by atoms with Gasteiger partial charge in [0.15, 0.2) is 5.11 Å². The van der Waals surface area contributed by atoms with Crippen molar-refractivity contribution in [1.82, 2.24) is 5.32 Å². The molecule has 0 radical (unpaired) electrons. The Balaban J connectivity index is 2.39. The van der Waals surface area contributed by atoms with E-state index in [9.17, 15) is 4.79 Å². The van der Waals surface area contributed by atoms with Gasteiger partial charge in [-0.15, -0.1) is 0 Å². The summed E-state index contributed by atoms with van der Waals surface area (Å²) >= 11 is 16.9. The van der Waals surface area contributed by atoms with Crippen molar-refractivity contribution in [2.45, 2.75) is 39.0 Å². The number of hydrogen-bond acceptors (Lipinski definition) is 2. The number of anilines is 1. The molecule has 0 aliphatic rings. The Morgan fingerprint density at radius 1 is 1.25 bits per heavy atom. The molecule has 1 rings (SSSR count). The molecule has 6 heteroatoms. The number of nitrogens with one attached hydrogen (secondary N) is 2. The third kappa shape index (κ3) is 6.55. The molecule has 0 saturated heterocycles. The van der Waals surface area contributed by atoms with Crippen LogP contribution in [0.1, 0.15) is 39.0 Å². The lowest BCUT2D eigenvalue weighted by Gasteiger charge is -2.11. The number of carbonyl (C=O) groups excluding carboxylic acids is 1. The maximum Gasteiger partial charge on any atom is 0.226 e. The SMILES string of the molecule is CCCCCCC(=O)NC(=S)Nc1cc(Cl)ccc1Cl. The van der Waals surface area contributed by atoms with Gasteiger partial charge in [-0.05, 0) is 36.8 Å². The highest BCUT2D eigenvalue weighted by atomic mass is 35.5. The summed E-state index contributed by atoms with van der Waals surface area (Å²) in [5, 5.41) is 6.77. The molecule has 0 saturated carbocycles. The number of carbonyl (C=O) groups is 1. The van der Waals surface area contributed by atoms with Gasteiger partial charge in [0.05, 0.1) is 10.7 Å². The van der Waals surface area contributed by atoms with Crippen molar-refractivity contribution in [3.05, 3.63) is 28.2 Å². The van der Waals surface area contributed by atoms with Gasteiger partial charge in [0, 0.05) is 11.4 Å². The predicted molar refractivity (Wildman–Crippen MR) is 89.6 cm³/mol. The van der Waals surface area contributed by atoms with Gasteiger partial charge in [-0.25, -0.2) is 0 Å². The van der Waals surface area contributed by atoms with Crippen LogP contribution in [0.25, 0.3) is 0 Å². The summed E-state index contributed by atoms with van der Waals surface area (Å²) in [5.74, 6) is -0.0863. The first-order valence-electron chi connectivity index (χ1n) is 6.58. The summed E-state index contributed by atoms with van der Waals surface area (Å²) in [4.78, 5) is 11.7. The molecule has 0 aromatic heterocycles. The van der Waals surface area contributed by atoms with Crippen molar-refractivity contribution < 1.29 is 4.79 Å². The van der Waals surface area contributed by atoms with Crippen molar-refractivity contribution in [3.8, 4) is 0 Å². The van der Waals surface area contributed by atoms with Gasteiger partial charge in [0.25, 0.3) is 0 Å². The number of amides is 1. The molecular weight excluding hydrogens is 315 g/mol. The molecule has 0 bridgehead atoms. The highest BCUT2D eigenvalue weighted by molar-refractivity contribution is 7.80. The van der Waals surface area contributed by atoms with Gasteiger partial charge >= 0.3 is 0 Å². The Morgan fingerprint density at radius 3 is 2.70 bits per heavy atom. The molecular formula is C14H18Cl2N2OS. The van der Waals surface area contributed by atoms with Crippen LogP contribution < -0.4 is 10.6 Å². The van der Waals surface area contributed by atoms with Gasteiger partial charge in [-0.2, -0.15) is 0 Å². The molecule has 3 nitrogen and oxygen atoms in total. The van der Waals surface area contributed by atoms with Gasteiger partial charge in [0.2, 0.25) is 5.91 Å². The summed E-state index contributed by atoms with van der Waals surface area (Å²) in [7, 11) is 0. The molecule has 20 heavy (non-hydrogen) atoms. The van der Waals surface area contributed by atoms with Crippen molar-refractivity contribution in [2.75, 3.05) is 5.32 Å². The minimum atomic E-state index is -0.0863. The second-order valence-electron chi connectivity index (χ2n) is 4.44. The van der Waals surface area contributed by atoms with Crippen LogP contribution in [0.5, 0.6) is 0 Å². The Labute approximate surface area is 135 Å². The van der Waals surface area contributed by atoms with E-state index in [1.807, 2.05) is 0 Å². The lowest BCUT2D eigenvalue weighted by atomic mass is 10.1. The number of benzene rings is 1. The van der Waals surface area contributed by atoms with Crippen molar-refractivity contribution >= 4 is 52.1 Å². The summed E-state index contributed by atoms with van der Waals surface area (Å²) in [6, 6.07) is 5.01. The van der Waals surface area contributed by atoms with Gasteiger partial charge in [-0.1, -0.05) is 49.4 Å². The van der Waals surface area contributed by atoms with Crippen LogP contribution in [-0.4, -0.2) is 11.0 Å². The number of rotatable bonds is 6. The molecule has 1 amide bonds. The maximum atomic E-state index is 11.7. The quantitative estimate of drug-likeness (QED) is 0.582. The fourth-order valence-electron chi connectivity index (χ4n) is 1.65. The third-order valence-electron chi connectivity index (χ3n) is 2.69. The van der Waals surface area contributed by atoms with E-state index in [1.165, 1.54) is 0 Å². The number of halogens is 2. The summed E-state index contributed by atoms with van der Waals surface area (Å²) < 4.78 is 0. The molecule has 0 unspecified atom stereocenters. The van der Waals surface area contributed by atoms with Crippen molar-refractivity contribution in [1.29, 1.82) is 0 Å². The second-order valence-corrected chi connectivity index (χ2v) is 5.69. The molecule has 0 spiro atoms. The normalized spacial score (nSPS) is 10.2. The first-order valence-corrected chi connectivity index (χ1v) is 7.75. The van der Waals surface area contributed by atoms with E-state index in [2.05, 4.69) is 17.6 Å². The molecule has 1 aromatic rings. The van der Waals surface area contributed by atoms with Crippen LogP contribution in [0.2, 0.25) is 10.0 Å². The zero-order chi connectivity index (χ0) is 15.0. The maximum absolute atomic E-state index is 11.7. The largest absolute Gasteiger partial charge is 0.331 e. The van der Waals surface area contributed by atoms with E-state index < -0.39 is 0 Å². The Kier molecular flexibility index (Phi) is 7.88. The summed E-state index contributed by atoms with van der Waals surface area (Å²) in [6.45, 7) is 2.13. The fraction of sp³-hybridized carbons (Fsp3) is 0.429. The van der Waals surface area contributed by atoms with Crippen LogP contribution in [-0.2, 0) is 4.79 Å². The van der Waals surface area contributed by atoms with Gasteiger partial charge < -0.3 is 10.6 Å². The summed E-state index contributed by atoms with van der Waals surface area (Å²) in [5.41, 5.74) is 0.579. The average Bonchev–Trinajstić information content (AvgIpc) is 2.39. The average molecular weight is 333 g/mol. The van der Waals surface area contributed by atoms with E-state index in [4.69, 9.17) is 35.4 Å². The molecule has 2 N–H and O–H groups in total. The second kappa shape index (κ2) is 9.16. The predicted octanol–water partition coefficient (Wildman–Crippen LogP) is 4.78. The molecule has 0 heterocycles. The molecule has 0 aliphatic heterocycles. The van der Waals surface area contributed by atoms with Crippen LogP contribution in [0.3, 0.4) is 0 Å². The fourth-order valence-corrected chi connectivity index (χ4v) is 2.21. The minimum absolute atomic E-state index is 0.0863. The van der Waals surface area contributed by atoms with E-state index in [1.54, 1.807) is 18.2 Å². The van der Waals surface area contributed by atoms with Crippen LogP contribution in [0.4, 0.5) is 5.69 Å². The van der Waals surface area contributed by atoms with Crippen molar-refractivity contribution in [2.24, 2.45) is 0 Å².